The van der Waals surface area contributed by atoms with E-state index in [1.165, 1.54) is 25.0 Å². The van der Waals surface area contributed by atoms with E-state index in [4.69, 9.17) is 5.26 Å². The molecule has 1 aromatic carbocycles. The molecule has 0 atom stereocenters. The van der Waals surface area contributed by atoms with E-state index in [1.54, 1.807) is 6.07 Å². The zero-order valence-electron chi connectivity index (χ0n) is 11.9. The van der Waals surface area contributed by atoms with Crippen LogP contribution < -0.4 is 4.90 Å². The first-order valence-corrected chi connectivity index (χ1v) is 6.85. The molecular formula is C16H21FN2. The predicted molar refractivity (Wildman–Crippen MR) is 75.6 cm³/mol. The Hall–Kier alpha value is -1.56. The van der Waals surface area contributed by atoms with Crippen LogP contribution in [0.1, 0.15) is 45.1 Å². The molecule has 0 bridgehead atoms. The van der Waals surface area contributed by atoms with Gasteiger partial charge >= 0.3 is 0 Å². The second-order valence-electron chi connectivity index (χ2n) is 6.32. The first kappa shape index (κ1) is 13.9. The van der Waals surface area contributed by atoms with E-state index in [1.807, 2.05) is 13.1 Å². The van der Waals surface area contributed by atoms with Gasteiger partial charge < -0.3 is 4.90 Å². The Morgan fingerprint density at radius 1 is 1.26 bits per heavy atom. The van der Waals surface area contributed by atoms with E-state index in [0.717, 1.165) is 18.5 Å². The van der Waals surface area contributed by atoms with Crippen LogP contribution in [0.15, 0.2) is 18.2 Å². The summed E-state index contributed by atoms with van der Waals surface area (Å²) in [6, 6.07) is 7.02. The highest BCUT2D eigenvalue weighted by atomic mass is 19.1. The van der Waals surface area contributed by atoms with Crippen molar-refractivity contribution in [2.75, 3.05) is 11.9 Å². The fourth-order valence-corrected chi connectivity index (χ4v) is 2.82. The normalized spacial score (nSPS) is 18.9. The van der Waals surface area contributed by atoms with Crippen molar-refractivity contribution in [2.24, 2.45) is 5.41 Å². The molecule has 1 aliphatic carbocycles. The molecule has 19 heavy (non-hydrogen) atoms. The summed E-state index contributed by atoms with van der Waals surface area (Å²) in [6.07, 6.45) is 4.65. The molecule has 0 aliphatic heterocycles. The van der Waals surface area contributed by atoms with Crippen molar-refractivity contribution in [3.05, 3.63) is 29.6 Å². The molecule has 0 spiro atoms. The third kappa shape index (κ3) is 3.26. The van der Waals surface area contributed by atoms with E-state index in [9.17, 15) is 4.39 Å². The fraction of sp³-hybridized carbons (Fsp3) is 0.562. The standard InChI is InChI=1S/C16H21FN2/c1-16(2)6-4-14(5-7-16)19(3)15-9-12(11-18)8-13(17)10-15/h8-10,14H,4-7H2,1-3H3. The average molecular weight is 260 g/mol. The minimum Gasteiger partial charge on any atom is -0.371 e. The van der Waals surface area contributed by atoms with Crippen LogP contribution in [0.4, 0.5) is 10.1 Å². The Morgan fingerprint density at radius 2 is 1.89 bits per heavy atom. The van der Waals surface area contributed by atoms with Crippen LogP contribution in [0.3, 0.4) is 0 Å². The quantitative estimate of drug-likeness (QED) is 0.800. The van der Waals surface area contributed by atoms with Crippen LogP contribution in [0.25, 0.3) is 0 Å². The highest BCUT2D eigenvalue weighted by Crippen LogP contribution is 2.37. The van der Waals surface area contributed by atoms with Crippen molar-refractivity contribution in [1.29, 1.82) is 5.26 Å². The molecule has 2 nitrogen and oxygen atoms in total. The van der Waals surface area contributed by atoms with Crippen molar-refractivity contribution >= 4 is 5.69 Å². The van der Waals surface area contributed by atoms with E-state index in [0.29, 0.717) is 17.0 Å². The second-order valence-corrected chi connectivity index (χ2v) is 6.32. The van der Waals surface area contributed by atoms with Crippen molar-refractivity contribution in [2.45, 2.75) is 45.6 Å². The van der Waals surface area contributed by atoms with Gasteiger partial charge in [0.25, 0.3) is 0 Å². The predicted octanol–water partition coefficient (Wildman–Crippen LogP) is 4.10. The molecule has 0 amide bonds. The molecule has 1 saturated carbocycles. The lowest BCUT2D eigenvalue weighted by atomic mass is 9.75. The molecular weight excluding hydrogens is 239 g/mol. The Bertz CT molecular complexity index is 492. The molecule has 2 rings (SSSR count). The van der Waals surface area contributed by atoms with Gasteiger partial charge in [0.15, 0.2) is 0 Å². The summed E-state index contributed by atoms with van der Waals surface area (Å²) in [6.45, 7) is 4.61. The Kier molecular flexibility index (Phi) is 3.80. The van der Waals surface area contributed by atoms with Crippen molar-refractivity contribution < 1.29 is 4.39 Å². The van der Waals surface area contributed by atoms with Gasteiger partial charge in [-0.3, -0.25) is 0 Å². The van der Waals surface area contributed by atoms with E-state index < -0.39 is 0 Å². The van der Waals surface area contributed by atoms with Crippen LogP contribution in [0, 0.1) is 22.6 Å². The summed E-state index contributed by atoms with van der Waals surface area (Å²) in [5, 5.41) is 8.91. The Balaban J connectivity index is 2.14. The molecule has 0 N–H and O–H groups in total. The lowest BCUT2D eigenvalue weighted by Crippen LogP contribution is -2.37. The van der Waals surface area contributed by atoms with Gasteiger partial charge in [0, 0.05) is 18.8 Å². The minimum atomic E-state index is -0.336. The lowest BCUT2D eigenvalue weighted by molar-refractivity contribution is 0.222. The van der Waals surface area contributed by atoms with Crippen LogP contribution >= 0.6 is 0 Å². The maximum Gasteiger partial charge on any atom is 0.126 e. The molecule has 0 aromatic heterocycles. The average Bonchev–Trinajstić information content (AvgIpc) is 2.37. The lowest BCUT2D eigenvalue weighted by Gasteiger charge is -2.39. The van der Waals surface area contributed by atoms with Gasteiger partial charge in [0.1, 0.15) is 5.82 Å². The summed E-state index contributed by atoms with van der Waals surface area (Å²) in [4.78, 5) is 2.12. The van der Waals surface area contributed by atoms with Crippen LogP contribution in [-0.4, -0.2) is 13.1 Å². The molecule has 0 unspecified atom stereocenters. The molecule has 1 fully saturated rings. The SMILES string of the molecule is CN(c1cc(F)cc(C#N)c1)C1CCC(C)(C)CC1. The Morgan fingerprint density at radius 3 is 2.47 bits per heavy atom. The van der Waals surface area contributed by atoms with Crippen LogP contribution in [0.5, 0.6) is 0 Å². The topological polar surface area (TPSA) is 27.0 Å². The van der Waals surface area contributed by atoms with Crippen molar-refractivity contribution in [3.63, 3.8) is 0 Å². The van der Waals surface area contributed by atoms with Gasteiger partial charge in [-0.05, 0) is 49.3 Å². The maximum absolute atomic E-state index is 13.5. The van der Waals surface area contributed by atoms with E-state index in [2.05, 4.69) is 18.7 Å². The fourth-order valence-electron chi connectivity index (χ4n) is 2.82. The first-order chi connectivity index (χ1) is 8.91. The number of nitriles is 1. The summed E-state index contributed by atoms with van der Waals surface area (Å²) >= 11 is 0. The van der Waals surface area contributed by atoms with Gasteiger partial charge in [0.05, 0.1) is 11.6 Å². The number of halogens is 1. The van der Waals surface area contributed by atoms with Crippen molar-refractivity contribution in [1.82, 2.24) is 0 Å². The van der Waals surface area contributed by atoms with E-state index >= 15 is 0 Å². The molecule has 0 radical (unpaired) electrons. The maximum atomic E-state index is 13.5. The summed E-state index contributed by atoms with van der Waals surface area (Å²) in [5.74, 6) is -0.336. The van der Waals surface area contributed by atoms with Gasteiger partial charge in [-0.1, -0.05) is 13.8 Å². The van der Waals surface area contributed by atoms with Crippen LogP contribution in [0.2, 0.25) is 0 Å². The molecule has 102 valence electrons. The van der Waals surface area contributed by atoms with Gasteiger partial charge in [-0.15, -0.1) is 0 Å². The van der Waals surface area contributed by atoms with Gasteiger partial charge in [-0.2, -0.15) is 5.26 Å². The summed E-state index contributed by atoms with van der Waals surface area (Å²) < 4.78 is 13.5. The van der Waals surface area contributed by atoms with Gasteiger partial charge in [-0.25, -0.2) is 4.39 Å². The molecule has 0 saturated heterocycles. The zero-order valence-corrected chi connectivity index (χ0v) is 11.9. The number of rotatable bonds is 2. The molecule has 1 aromatic rings. The minimum absolute atomic E-state index is 0.336. The number of hydrogen-bond acceptors (Lipinski definition) is 2. The van der Waals surface area contributed by atoms with E-state index in [-0.39, 0.29) is 5.82 Å². The third-order valence-corrected chi connectivity index (χ3v) is 4.28. The Labute approximate surface area is 114 Å². The molecule has 3 heteroatoms. The van der Waals surface area contributed by atoms with Crippen molar-refractivity contribution in [3.8, 4) is 6.07 Å². The van der Waals surface area contributed by atoms with Crippen LogP contribution in [-0.2, 0) is 0 Å². The first-order valence-electron chi connectivity index (χ1n) is 6.85. The highest BCUT2D eigenvalue weighted by Gasteiger charge is 2.29. The smallest absolute Gasteiger partial charge is 0.126 e. The summed E-state index contributed by atoms with van der Waals surface area (Å²) in [5.41, 5.74) is 1.62. The monoisotopic (exact) mass is 260 g/mol. The number of hydrogen-bond donors (Lipinski definition) is 0. The summed E-state index contributed by atoms with van der Waals surface area (Å²) in [7, 11) is 2.00. The second kappa shape index (κ2) is 5.21. The molecule has 1 aliphatic rings. The van der Waals surface area contributed by atoms with Gasteiger partial charge in [0.2, 0.25) is 0 Å². The number of anilines is 1. The third-order valence-electron chi connectivity index (χ3n) is 4.28. The largest absolute Gasteiger partial charge is 0.371 e. The molecule has 0 heterocycles. The zero-order chi connectivity index (χ0) is 14.0. The highest BCUT2D eigenvalue weighted by molar-refractivity contribution is 5.52. The number of benzene rings is 1. The number of nitrogens with zero attached hydrogens (tertiary/aromatic N) is 2.